The summed E-state index contributed by atoms with van der Waals surface area (Å²) in [5, 5.41) is 5.72. The van der Waals surface area contributed by atoms with E-state index in [1.54, 1.807) is 0 Å². The number of nitrogens with one attached hydrogen (secondary N) is 2. The highest BCUT2D eigenvalue weighted by molar-refractivity contribution is 6.10. The second kappa shape index (κ2) is 7.70. The van der Waals surface area contributed by atoms with E-state index in [0.717, 1.165) is 47.4 Å². The molecule has 1 fully saturated rings. The summed E-state index contributed by atoms with van der Waals surface area (Å²) in [6, 6.07) is 14.5. The van der Waals surface area contributed by atoms with Crippen molar-refractivity contribution in [3.8, 4) is 0 Å². The maximum atomic E-state index is 13.2. The minimum atomic E-state index is -1.12. The monoisotopic (exact) mass is 391 g/mol. The van der Waals surface area contributed by atoms with Crippen LogP contribution in [0.2, 0.25) is 0 Å². The maximum Gasteiger partial charge on any atom is 0.325 e. The standard InChI is InChI=1S/C23H25N3O3/c1-2-23(17-11-4-3-5-12-17)21(28)26(22(29)25-23)15-20(27)24-19-14-8-10-16-9-6-7-13-18(16)19/h3-5,8,10-12,14H,2,6-7,9,13,15H2,1H3,(H,24,27)(H,25,29). The Morgan fingerprint density at radius 2 is 1.83 bits per heavy atom. The fourth-order valence-electron chi connectivity index (χ4n) is 4.36. The molecule has 2 aliphatic rings. The highest BCUT2D eigenvalue weighted by Crippen LogP contribution is 2.32. The van der Waals surface area contributed by atoms with Gasteiger partial charge >= 0.3 is 6.03 Å². The molecule has 150 valence electrons. The molecular formula is C23H25N3O3. The summed E-state index contributed by atoms with van der Waals surface area (Å²) < 4.78 is 0. The molecule has 1 unspecified atom stereocenters. The number of anilines is 1. The van der Waals surface area contributed by atoms with Crippen LogP contribution in [0, 0.1) is 0 Å². The van der Waals surface area contributed by atoms with Gasteiger partial charge in [-0.25, -0.2) is 4.79 Å². The highest BCUT2D eigenvalue weighted by Gasteiger charge is 2.51. The third-order valence-corrected chi connectivity index (χ3v) is 5.94. The van der Waals surface area contributed by atoms with Crippen LogP contribution in [0.3, 0.4) is 0 Å². The van der Waals surface area contributed by atoms with Crippen molar-refractivity contribution >= 4 is 23.5 Å². The van der Waals surface area contributed by atoms with Crippen LogP contribution < -0.4 is 10.6 Å². The Hall–Kier alpha value is -3.15. The van der Waals surface area contributed by atoms with E-state index in [1.165, 1.54) is 5.56 Å². The molecule has 0 bridgehead atoms. The number of hydrogen-bond donors (Lipinski definition) is 2. The first kappa shape index (κ1) is 19.2. The number of imide groups is 1. The van der Waals surface area contributed by atoms with Crippen LogP contribution in [0.15, 0.2) is 48.5 Å². The molecule has 4 rings (SSSR count). The summed E-state index contributed by atoms with van der Waals surface area (Å²) in [6.07, 6.45) is 4.62. The number of rotatable bonds is 5. The predicted octanol–water partition coefficient (Wildman–Crippen LogP) is 3.36. The molecule has 1 atom stereocenters. The van der Waals surface area contributed by atoms with Crippen molar-refractivity contribution in [2.75, 3.05) is 11.9 Å². The zero-order chi connectivity index (χ0) is 20.4. The average molecular weight is 391 g/mol. The number of amides is 4. The van der Waals surface area contributed by atoms with E-state index < -0.39 is 11.6 Å². The van der Waals surface area contributed by atoms with Gasteiger partial charge in [-0.15, -0.1) is 0 Å². The first-order valence-corrected chi connectivity index (χ1v) is 10.2. The molecule has 29 heavy (non-hydrogen) atoms. The van der Waals surface area contributed by atoms with Crippen molar-refractivity contribution in [2.24, 2.45) is 0 Å². The summed E-state index contributed by atoms with van der Waals surface area (Å²) in [6.45, 7) is 1.55. The number of nitrogens with zero attached hydrogens (tertiary/aromatic N) is 1. The summed E-state index contributed by atoms with van der Waals surface area (Å²) in [4.78, 5) is 39.4. The largest absolute Gasteiger partial charge is 0.325 e. The van der Waals surface area contributed by atoms with Gasteiger partial charge < -0.3 is 10.6 Å². The Morgan fingerprint density at radius 1 is 1.07 bits per heavy atom. The lowest BCUT2D eigenvalue weighted by molar-refractivity contribution is -0.134. The fourth-order valence-corrected chi connectivity index (χ4v) is 4.36. The van der Waals surface area contributed by atoms with Crippen molar-refractivity contribution < 1.29 is 14.4 Å². The lowest BCUT2D eigenvalue weighted by Crippen LogP contribution is -2.44. The Labute approximate surface area is 170 Å². The summed E-state index contributed by atoms with van der Waals surface area (Å²) >= 11 is 0. The first-order chi connectivity index (χ1) is 14.0. The van der Waals surface area contributed by atoms with Gasteiger partial charge in [0.1, 0.15) is 12.1 Å². The molecule has 1 aliphatic heterocycles. The zero-order valence-electron chi connectivity index (χ0n) is 16.5. The fraction of sp³-hybridized carbons (Fsp3) is 0.348. The van der Waals surface area contributed by atoms with Crippen LogP contribution >= 0.6 is 0 Å². The topological polar surface area (TPSA) is 78.5 Å². The van der Waals surface area contributed by atoms with Crippen LogP contribution in [0.25, 0.3) is 0 Å². The second-order valence-electron chi connectivity index (χ2n) is 7.64. The molecule has 6 nitrogen and oxygen atoms in total. The van der Waals surface area contributed by atoms with Crippen LogP contribution in [0.1, 0.15) is 42.9 Å². The molecule has 2 aromatic carbocycles. The maximum absolute atomic E-state index is 13.2. The molecular weight excluding hydrogens is 366 g/mol. The van der Waals surface area contributed by atoms with Gasteiger partial charge in [-0.1, -0.05) is 49.4 Å². The average Bonchev–Trinajstić information content (AvgIpc) is 3.00. The van der Waals surface area contributed by atoms with Crippen LogP contribution in [-0.4, -0.2) is 29.3 Å². The van der Waals surface area contributed by atoms with E-state index in [0.29, 0.717) is 6.42 Å². The number of urea groups is 1. The van der Waals surface area contributed by atoms with E-state index in [9.17, 15) is 14.4 Å². The second-order valence-corrected chi connectivity index (χ2v) is 7.64. The smallest absolute Gasteiger partial charge is 0.324 e. The van der Waals surface area contributed by atoms with E-state index >= 15 is 0 Å². The lowest BCUT2D eigenvalue weighted by atomic mass is 9.87. The van der Waals surface area contributed by atoms with Gasteiger partial charge in [0.25, 0.3) is 5.91 Å². The number of carbonyl (C=O) groups is 3. The Balaban J connectivity index is 1.52. The van der Waals surface area contributed by atoms with Crippen LogP contribution in [0.4, 0.5) is 10.5 Å². The Morgan fingerprint density at radius 3 is 2.59 bits per heavy atom. The first-order valence-electron chi connectivity index (χ1n) is 10.2. The van der Waals surface area contributed by atoms with Crippen LogP contribution in [0.5, 0.6) is 0 Å². The summed E-state index contributed by atoms with van der Waals surface area (Å²) in [5.41, 5.74) is 2.81. The van der Waals surface area contributed by atoms with Gasteiger partial charge in [-0.05, 0) is 54.9 Å². The number of benzene rings is 2. The predicted molar refractivity (Wildman–Crippen MR) is 110 cm³/mol. The van der Waals surface area contributed by atoms with Gasteiger partial charge in [0.2, 0.25) is 5.91 Å². The number of aryl methyl sites for hydroxylation is 1. The third kappa shape index (κ3) is 3.39. The normalized spacial score (nSPS) is 20.9. The third-order valence-electron chi connectivity index (χ3n) is 5.94. The van der Waals surface area contributed by atoms with E-state index in [4.69, 9.17) is 0 Å². The van der Waals surface area contributed by atoms with Gasteiger partial charge in [0, 0.05) is 5.69 Å². The van der Waals surface area contributed by atoms with Gasteiger partial charge in [0.15, 0.2) is 0 Å². The molecule has 1 aliphatic carbocycles. The molecule has 6 heteroatoms. The number of hydrogen-bond acceptors (Lipinski definition) is 3. The van der Waals surface area contributed by atoms with Crippen molar-refractivity contribution in [1.29, 1.82) is 0 Å². The van der Waals surface area contributed by atoms with E-state index in [-0.39, 0.29) is 18.4 Å². The minimum Gasteiger partial charge on any atom is -0.324 e. The molecule has 0 aromatic heterocycles. The Bertz CT molecular complexity index is 957. The summed E-state index contributed by atoms with van der Waals surface area (Å²) in [5.74, 6) is -0.756. The van der Waals surface area contributed by atoms with Crippen molar-refractivity contribution in [1.82, 2.24) is 10.2 Å². The molecule has 2 aromatic rings. The van der Waals surface area contributed by atoms with Crippen molar-refractivity contribution in [3.05, 3.63) is 65.2 Å². The molecule has 2 N–H and O–H groups in total. The van der Waals surface area contributed by atoms with Gasteiger partial charge in [-0.2, -0.15) is 0 Å². The number of carbonyl (C=O) groups excluding carboxylic acids is 3. The van der Waals surface area contributed by atoms with Crippen molar-refractivity contribution in [3.63, 3.8) is 0 Å². The summed E-state index contributed by atoms with van der Waals surface area (Å²) in [7, 11) is 0. The van der Waals surface area contributed by atoms with Gasteiger partial charge in [-0.3, -0.25) is 14.5 Å². The molecule has 1 saturated heterocycles. The zero-order valence-corrected chi connectivity index (χ0v) is 16.5. The van der Waals surface area contributed by atoms with Gasteiger partial charge in [0.05, 0.1) is 0 Å². The minimum absolute atomic E-state index is 0.303. The molecule has 1 heterocycles. The quantitative estimate of drug-likeness (QED) is 0.767. The van der Waals surface area contributed by atoms with Crippen molar-refractivity contribution in [2.45, 2.75) is 44.6 Å². The molecule has 4 amide bonds. The molecule has 0 saturated carbocycles. The highest BCUT2D eigenvalue weighted by atomic mass is 16.2. The lowest BCUT2D eigenvalue weighted by Gasteiger charge is -2.25. The van der Waals surface area contributed by atoms with E-state index in [1.807, 2.05) is 49.4 Å². The SMILES string of the molecule is CCC1(c2ccccc2)NC(=O)N(CC(=O)Nc2cccc3c2CCCC3)C1=O. The molecule has 0 spiro atoms. The van der Waals surface area contributed by atoms with Crippen LogP contribution in [-0.2, 0) is 28.0 Å². The Kier molecular flexibility index (Phi) is 5.09. The molecule has 0 radical (unpaired) electrons. The number of fused-ring (bicyclic) bond motifs is 1. The van der Waals surface area contributed by atoms with E-state index in [2.05, 4.69) is 16.7 Å².